The topological polar surface area (TPSA) is 83.1 Å². The molecule has 2 rings (SSSR count). The van der Waals surface area contributed by atoms with Crippen LogP contribution in [0.25, 0.3) is 0 Å². The van der Waals surface area contributed by atoms with Gasteiger partial charge in [0.05, 0.1) is 6.04 Å². The van der Waals surface area contributed by atoms with Crippen molar-refractivity contribution in [3.05, 3.63) is 12.2 Å². The highest BCUT2D eigenvalue weighted by molar-refractivity contribution is 5.68. The number of amides is 1. The summed E-state index contributed by atoms with van der Waals surface area (Å²) >= 11 is 0. The van der Waals surface area contributed by atoms with Gasteiger partial charge < -0.3 is 15.0 Å². The van der Waals surface area contributed by atoms with Crippen molar-refractivity contribution in [3.63, 3.8) is 0 Å². The second kappa shape index (κ2) is 7.09. The van der Waals surface area contributed by atoms with Crippen LogP contribution in [-0.4, -0.2) is 50.9 Å². The number of aromatic amines is 1. The van der Waals surface area contributed by atoms with Crippen LogP contribution in [0.15, 0.2) is 6.33 Å². The molecule has 2 heterocycles. The quantitative estimate of drug-likeness (QED) is 0.891. The normalized spacial score (nSPS) is 20.7. The Kier molecular flexibility index (Phi) is 5.39. The van der Waals surface area contributed by atoms with E-state index in [4.69, 9.17) is 4.74 Å². The number of piperidine rings is 1. The van der Waals surface area contributed by atoms with Crippen molar-refractivity contribution in [3.8, 4) is 0 Å². The van der Waals surface area contributed by atoms with E-state index in [2.05, 4.69) is 20.5 Å². The Morgan fingerprint density at radius 2 is 2.32 bits per heavy atom. The van der Waals surface area contributed by atoms with Gasteiger partial charge in [-0.25, -0.2) is 9.78 Å². The van der Waals surface area contributed by atoms with Gasteiger partial charge in [-0.05, 0) is 47.0 Å². The summed E-state index contributed by atoms with van der Waals surface area (Å²) in [4.78, 5) is 18.3. The van der Waals surface area contributed by atoms with Gasteiger partial charge in [0.15, 0.2) is 0 Å². The van der Waals surface area contributed by atoms with Crippen LogP contribution in [0.3, 0.4) is 0 Å². The Morgan fingerprint density at radius 1 is 1.55 bits per heavy atom. The molecule has 0 aliphatic carbocycles. The molecule has 0 spiro atoms. The van der Waals surface area contributed by atoms with E-state index in [1.807, 2.05) is 32.6 Å². The number of rotatable bonds is 4. The number of ether oxygens (including phenoxy) is 1. The Morgan fingerprint density at radius 3 is 2.95 bits per heavy atom. The number of carbonyl (C=O) groups excluding carboxylic acids is 1. The fourth-order valence-electron chi connectivity index (χ4n) is 2.61. The van der Waals surface area contributed by atoms with Crippen LogP contribution in [-0.2, 0) is 4.74 Å². The highest BCUT2D eigenvalue weighted by atomic mass is 16.6. The molecule has 0 bridgehead atoms. The molecule has 7 nitrogen and oxygen atoms in total. The van der Waals surface area contributed by atoms with Crippen molar-refractivity contribution in [2.24, 2.45) is 0 Å². The second-order valence-electron chi connectivity index (χ2n) is 6.82. The summed E-state index contributed by atoms with van der Waals surface area (Å²) in [6, 6.07) is 0.235. The van der Waals surface area contributed by atoms with Crippen LogP contribution in [0, 0.1) is 0 Å². The highest BCUT2D eigenvalue weighted by Gasteiger charge is 2.30. The van der Waals surface area contributed by atoms with Gasteiger partial charge >= 0.3 is 6.09 Å². The molecule has 2 atom stereocenters. The van der Waals surface area contributed by atoms with Gasteiger partial charge in [-0.3, -0.25) is 5.10 Å². The van der Waals surface area contributed by atoms with Gasteiger partial charge in [-0.2, -0.15) is 5.10 Å². The van der Waals surface area contributed by atoms with Gasteiger partial charge in [0, 0.05) is 19.1 Å². The minimum Gasteiger partial charge on any atom is -0.444 e. The SMILES string of the molecule is CC(NCC1CCCCN1C(=O)OC(C)(C)C)c1ncn[nH]1. The van der Waals surface area contributed by atoms with Gasteiger partial charge in [-0.15, -0.1) is 0 Å². The molecule has 2 unspecified atom stereocenters. The minimum atomic E-state index is -0.459. The lowest BCUT2D eigenvalue weighted by molar-refractivity contribution is 0.00968. The van der Waals surface area contributed by atoms with Crippen LogP contribution < -0.4 is 5.32 Å². The minimum absolute atomic E-state index is 0.0740. The summed E-state index contributed by atoms with van der Waals surface area (Å²) in [6.45, 7) is 9.20. The third kappa shape index (κ3) is 4.69. The lowest BCUT2D eigenvalue weighted by atomic mass is 10.0. The number of likely N-dealkylation sites (tertiary alicyclic amines) is 1. The van der Waals surface area contributed by atoms with Crippen LogP contribution in [0.2, 0.25) is 0 Å². The zero-order valence-corrected chi connectivity index (χ0v) is 13.9. The van der Waals surface area contributed by atoms with Crippen molar-refractivity contribution in [1.82, 2.24) is 25.4 Å². The second-order valence-corrected chi connectivity index (χ2v) is 6.82. The summed E-state index contributed by atoms with van der Waals surface area (Å²) < 4.78 is 5.52. The van der Waals surface area contributed by atoms with E-state index in [1.54, 1.807) is 0 Å². The molecule has 7 heteroatoms. The number of hydrogen-bond acceptors (Lipinski definition) is 5. The van der Waals surface area contributed by atoms with Gasteiger partial charge in [0.25, 0.3) is 0 Å². The van der Waals surface area contributed by atoms with Crippen molar-refractivity contribution < 1.29 is 9.53 Å². The van der Waals surface area contributed by atoms with Crippen LogP contribution >= 0.6 is 0 Å². The predicted octanol–water partition coefficient (Wildman–Crippen LogP) is 2.24. The zero-order valence-electron chi connectivity index (χ0n) is 13.9. The Hall–Kier alpha value is -1.63. The fourth-order valence-corrected chi connectivity index (χ4v) is 2.61. The maximum Gasteiger partial charge on any atom is 0.410 e. The van der Waals surface area contributed by atoms with Crippen molar-refractivity contribution in [2.45, 2.75) is 64.6 Å². The van der Waals surface area contributed by atoms with Gasteiger partial charge in [0.2, 0.25) is 0 Å². The molecule has 124 valence electrons. The molecule has 1 amide bonds. The molecule has 0 aromatic carbocycles. The summed E-state index contributed by atoms with van der Waals surface area (Å²) in [6.07, 6.45) is 4.46. The molecule has 1 aliphatic rings. The van der Waals surface area contributed by atoms with E-state index in [0.29, 0.717) is 0 Å². The molecule has 0 saturated carbocycles. The number of carbonyl (C=O) groups is 1. The van der Waals surface area contributed by atoms with E-state index in [1.165, 1.54) is 6.33 Å². The number of nitrogens with zero attached hydrogens (tertiary/aromatic N) is 3. The predicted molar refractivity (Wildman–Crippen MR) is 83.4 cm³/mol. The first-order chi connectivity index (χ1) is 10.4. The maximum atomic E-state index is 12.3. The van der Waals surface area contributed by atoms with Crippen molar-refractivity contribution in [2.75, 3.05) is 13.1 Å². The molecule has 22 heavy (non-hydrogen) atoms. The van der Waals surface area contributed by atoms with E-state index in [-0.39, 0.29) is 18.2 Å². The number of H-pyrrole nitrogens is 1. The van der Waals surface area contributed by atoms with E-state index in [9.17, 15) is 4.79 Å². The van der Waals surface area contributed by atoms with Crippen molar-refractivity contribution >= 4 is 6.09 Å². The smallest absolute Gasteiger partial charge is 0.410 e. The molecule has 1 saturated heterocycles. The lowest BCUT2D eigenvalue weighted by Crippen LogP contribution is -2.50. The lowest BCUT2D eigenvalue weighted by Gasteiger charge is -2.37. The van der Waals surface area contributed by atoms with E-state index in [0.717, 1.165) is 38.2 Å². The van der Waals surface area contributed by atoms with E-state index >= 15 is 0 Å². The first kappa shape index (κ1) is 16.7. The fraction of sp³-hybridized carbons (Fsp3) is 0.800. The standard InChI is InChI=1S/C15H27N5O2/c1-11(13-17-10-18-19-13)16-9-12-7-5-6-8-20(12)14(21)22-15(2,3)4/h10-12,16H,5-9H2,1-4H3,(H,17,18,19). The molecule has 1 fully saturated rings. The van der Waals surface area contributed by atoms with Gasteiger partial charge in [0.1, 0.15) is 17.8 Å². The third-order valence-corrected chi connectivity index (χ3v) is 3.76. The third-order valence-electron chi connectivity index (χ3n) is 3.76. The summed E-state index contributed by atoms with van der Waals surface area (Å²) in [5.74, 6) is 0.805. The molecule has 1 aliphatic heterocycles. The number of hydrogen-bond donors (Lipinski definition) is 2. The Balaban J connectivity index is 1.90. The van der Waals surface area contributed by atoms with Crippen LogP contribution in [0.4, 0.5) is 4.79 Å². The summed E-state index contributed by atoms with van der Waals surface area (Å²) in [7, 11) is 0. The molecular formula is C15H27N5O2. The molecule has 0 radical (unpaired) electrons. The van der Waals surface area contributed by atoms with E-state index < -0.39 is 5.60 Å². The number of nitrogens with one attached hydrogen (secondary N) is 2. The average molecular weight is 309 g/mol. The molecule has 1 aromatic rings. The Labute approximate surface area is 131 Å². The first-order valence-corrected chi connectivity index (χ1v) is 7.95. The first-order valence-electron chi connectivity index (χ1n) is 7.95. The zero-order chi connectivity index (χ0) is 16.2. The van der Waals surface area contributed by atoms with Gasteiger partial charge in [-0.1, -0.05) is 0 Å². The summed E-state index contributed by atoms with van der Waals surface area (Å²) in [5, 5.41) is 10.1. The molecule has 1 aromatic heterocycles. The van der Waals surface area contributed by atoms with Crippen LogP contribution in [0.1, 0.15) is 58.8 Å². The molecule has 2 N–H and O–H groups in total. The Bertz CT molecular complexity index is 469. The average Bonchev–Trinajstić information content (AvgIpc) is 2.97. The van der Waals surface area contributed by atoms with Crippen molar-refractivity contribution in [1.29, 1.82) is 0 Å². The largest absolute Gasteiger partial charge is 0.444 e. The maximum absolute atomic E-state index is 12.3. The van der Waals surface area contributed by atoms with Crippen LogP contribution in [0.5, 0.6) is 0 Å². The summed E-state index contributed by atoms with van der Waals surface area (Å²) in [5.41, 5.74) is -0.459. The monoisotopic (exact) mass is 309 g/mol. The number of aromatic nitrogens is 3. The molecular weight excluding hydrogens is 282 g/mol. The highest BCUT2D eigenvalue weighted by Crippen LogP contribution is 2.20.